The Labute approximate surface area is 56.6 Å². The summed E-state index contributed by atoms with van der Waals surface area (Å²) >= 11 is 0. The highest BCUT2D eigenvalue weighted by atomic mass is 16.6. The molecular weight excluding hydrogens is 134 g/mol. The van der Waals surface area contributed by atoms with Gasteiger partial charge in [-0.1, -0.05) is 0 Å². The number of fused-ring (bicyclic) bond motifs is 1. The van der Waals surface area contributed by atoms with Gasteiger partial charge in [0, 0.05) is 6.08 Å². The monoisotopic (exact) mass is 139 g/mol. The van der Waals surface area contributed by atoms with Crippen LogP contribution in [-0.4, -0.2) is 23.8 Å². The molecule has 0 saturated carbocycles. The summed E-state index contributed by atoms with van der Waals surface area (Å²) in [6.07, 6.45) is 0.0635. The van der Waals surface area contributed by atoms with Gasteiger partial charge in [0.05, 0.1) is 5.70 Å². The van der Waals surface area contributed by atoms with Crippen molar-refractivity contribution >= 4 is 11.6 Å². The third kappa shape index (κ3) is 0.537. The largest absolute Gasteiger partial charge is 0.396 e. The van der Waals surface area contributed by atoms with Crippen molar-refractivity contribution in [1.29, 1.82) is 0 Å². The maximum Gasteiger partial charge on any atom is 0.210 e. The molecule has 2 atom stereocenters. The van der Waals surface area contributed by atoms with Crippen molar-refractivity contribution in [2.75, 3.05) is 0 Å². The smallest absolute Gasteiger partial charge is 0.210 e. The maximum atomic E-state index is 10.8. The quantitative estimate of drug-likeness (QED) is 0.425. The zero-order valence-corrected chi connectivity index (χ0v) is 5.03. The van der Waals surface area contributed by atoms with E-state index in [1.165, 1.54) is 0 Å². The lowest BCUT2D eigenvalue weighted by Crippen LogP contribution is -2.27. The summed E-state index contributed by atoms with van der Waals surface area (Å²) < 4.78 is 4.74. The lowest BCUT2D eigenvalue weighted by molar-refractivity contribution is -0.119. The Morgan fingerprint density at radius 2 is 2.10 bits per heavy atom. The van der Waals surface area contributed by atoms with Crippen LogP contribution < -0.4 is 5.73 Å². The van der Waals surface area contributed by atoms with Crippen LogP contribution >= 0.6 is 0 Å². The summed E-state index contributed by atoms with van der Waals surface area (Å²) in [4.78, 5) is 21.6. The molecular formula is C6H5NO3. The first kappa shape index (κ1) is 5.61. The van der Waals surface area contributed by atoms with Gasteiger partial charge in [-0.15, -0.1) is 0 Å². The Balaban J connectivity index is 2.39. The molecule has 1 saturated heterocycles. The standard InChI is InChI=1S/C6H5NO3/c7-2-1-3(8)5-6(10-5)4(2)9/h1,5-6H,7H2. The van der Waals surface area contributed by atoms with E-state index in [0.29, 0.717) is 0 Å². The van der Waals surface area contributed by atoms with E-state index >= 15 is 0 Å². The highest BCUT2D eigenvalue weighted by Gasteiger charge is 2.52. The molecule has 2 rings (SSSR count). The topological polar surface area (TPSA) is 72.7 Å². The second-order valence-electron chi connectivity index (χ2n) is 2.34. The SMILES string of the molecule is NC1=CC(=O)C2OC2C1=O. The average Bonchev–Trinajstić information content (AvgIpc) is 2.61. The Kier molecular flexibility index (Phi) is 0.820. The van der Waals surface area contributed by atoms with Crippen LogP contribution in [0.3, 0.4) is 0 Å². The number of ketones is 2. The molecule has 52 valence electrons. The average molecular weight is 139 g/mol. The van der Waals surface area contributed by atoms with E-state index in [4.69, 9.17) is 10.5 Å². The van der Waals surface area contributed by atoms with Crippen LogP contribution in [0.25, 0.3) is 0 Å². The molecule has 0 radical (unpaired) electrons. The van der Waals surface area contributed by atoms with Gasteiger partial charge in [-0.25, -0.2) is 0 Å². The Hall–Kier alpha value is -1.16. The number of ether oxygens (including phenoxy) is 1. The van der Waals surface area contributed by atoms with Crippen LogP contribution in [0.5, 0.6) is 0 Å². The van der Waals surface area contributed by atoms with Crippen LogP contribution in [-0.2, 0) is 14.3 Å². The highest BCUT2D eigenvalue weighted by Crippen LogP contribution is 2.29. The number of carbonyl (C=O) groups excluding carboxylic acids is 2. The van der Waals surface area contributed by atoms with Crippen molar-refractivity contribution in [1.82, 2.24) is 0 Å². The van der Waals surface area contributed by atoms with Crippen molar-refractivity contribution in [3.63, 3.8) is 0 Å². The number of carbonyl (C=O) groups is 2. The van der Waals surface area contributed by atoms with E-state index in [0.717, 1.165) is 6.08 Å². The fourth-order valence-electron chi connectivity index (χ4n) is 0.999. The van der Waals surface area contributed by atoms with Crippen LogP contribution in [0, 0.1) is 0 Å². The van der Waals surface area contributed by atoms with Crippen molar-refractivity contribution in [3.8, 4) is 0 Å². The molecule has 0 aromatic rings. The number of Topliss-reactive ketones (excluding diaryl/α,β-unsaturated/α-hetero) is 1. The molecule has 2 N–H and O–H groups in total. The number of hydrogen-bond donors (Lipinski definition) is 1. The van der Waals surface area contributed by atoms with E-state index in [1.54, 1.807) is 0 Å². The fourth-order valence-corrected chi connectivity index (χ4v) is 0.999. The Bertz CT molecular complexity index is 256. The summed E-state index contributed by atoms with van der Waals surface area (Å²) in [6, 6.07) is 0. The van der Waals surface area contributed by atoms with Gasteiger partial charge >= 0.3 is 0 Å². The third-order valence-corrected chi connectivity index (χ3v) is 1.61. The van der Waals surface area contributed by atoms with Crippen LogP contribution in [0.4, 0.5) is 0 Å². The Morgan fingerprint density at radius 3 is 2.80 bits per heavy atom. The molecule has 0 bridgehead atoms. The summed E-state index contributed by atoms with van der Waals surface area (Å²) in [6.45, 7) is 0. The van der Waals surface area contributed by atoms with Gasteiger partial charge in [-0.05, 0) is 0 Å². The zero-order valence-electron chi connectivity index (χ0n) is 5.03. The summed E-state index contributed by atoms with van der Waals surface area (Å²) in [5, 5.41) is 0. The predicted molar refractivity (Wildman–Crippen MR) is 30.9 cm³/mol. The van der Waals surface area contributed by atoms with E-state index in [2.05, 4.69) is 0 Å². The number of rotatable bonds is 0. The normalized spacial score (nSPS) is 37.0. The lowest BCUT2D eigenvalue weighted by Gasteiger charge is -1.99. The van der Waals surface area contributed by atoms with Crippen molar-refractivity contribution in [2.45, 2.75) is 12.2 Å². The van der Waals surface area contributed by atoms with Crippen molar-refractivity contribution in [2.24, 2.45) is 5.73 Å². The van der Waals surface area contributed by atoms with Crippen molar-refractivity contribution in [3.05, 3.63) is 11.8 Å². The summed E-state index contributed by atoms with van der Waals surface area (Å²) in [5.41, 5.74) is 5.21. The van der Waals surface area contributed by atoms with E-state index in [9.17, 15) is 9.59 Å². The van der Waals surface area contributed by atoms with Gasteiger partial charge in [0.15, 0.2) is 18.0 Å². The molecule has 4 nitrogen and oxygen atoms in total. The Morgan fingerprint density at radius 1 is 1.40 bits per heavy atom. The van der Waals surface area contributed by atoms with E-state index in [1.807, 2.05) is 0 Å². The van der Waals surface area contributed by atoms with Gasteiger partial charge < -0.3 is 10.5 Å². The number of hydrogen-bond acceptors (Lipinski definition) is 4. The number of nitrogens with two attached hydrogens (primary N) is 1. The molecule has 1 aliphatic carbocycles. The van der Waals surface area contributed by atoms with Crippen LogP contribution in [0.15, 0.2) is 11.8 Å². The fraction of sp³-hybridized carbons (Fsp3) is 0.333. The minimum absolute atomic E-state index is 0.0174. The lowest BCUT2D eigenvalue weighted by atomic mass is 10.0. The molecule has 0 amide bonds. The van der Waals surface area contributed by atoms with Gasteiger partial charge in [0.1, 0.15) is 0 Å². The number of epoxide rings is 1. The molecule has 10 heavy (non-hydrogen) atoms. The molecule has 0 aromatic heterocycles. The molecule has 0 spiro atoms. The molecule has 0 aromatic carbocycles. The molecule has 2 aliphatic rings. The molecule has 2 unspecified atom stereocenters. The molecule has 4 heteroatoms. The first-order valence-corrected chi connectivity index (χ1v) is 2.91. The molecule has 1 fully saturated rings. The maximum absolute atomic E-state index is 10.8. The highest BCUT2D eigenvalue weighted by molar-refractivity contribution is 6.15. The van der Waals surface area contributed by atoms with Crippen LogP contribution in [0.2, 0.25) is 0 Å². The molecule has 1 aliphatic heterocycles. The third-order valence-electron chi connectivity index (χ3n) is 1.61. The predicted octanol–water partition coefficient (Wildman–Crippen LogP) is -1.25. The molecule has 1 heterocycles. The minimum atomic E-state index is -0.558. The van der Waals surface area contributed by atoms with E-state index < -0.39 is 12.2 Å². The minimum Gasteiger partial charge on any atom is -0.396 e. The van der Waals surface area contributed by atoms with Gasteiger partial charge in [0.2, 0.25) is 5.78 Å². The second-order valence-corrected chi connectivity index (χ2v) is 2.34. The summed E-state index contributed by atoms with van der Waals surface area (Å²) in [5.74, 6) is -0.452. The first-order valence-electron chi connectivity index (χ1n) is 2.91. The second kappa shape index (κ2) is 1.46. The van der Waals surface area contributed by atoms with Gasteiger partial charge in [-0.3, -0.25) is 9.59 Å². The first-order chi connectivity index (χ1) is 4.70. The van der Waals surface area contributed by atoms with Gasteiger partial charge in [-0.2, -0.15) is 0 Å². The zero-order chi connectivity index (χ0) is 7.30. The summed E-state index contributed by atoms with van der Waals surface area (Å²) in [7, 11) is 0. The van der Waals surface area contributed by atoms with E-state index in [-0.39, 0.29) is 17.3 Å². The van der Waals surface area contributed by atoms with Gasteiger partial charge in [0.25, 0.3) is 0 Å². The van der Waals surface area contributed by atoms with Crippen LogP contribution in [0.1, 0.15) is 0 Å². The van der Waals surface area contributed by atoms with Crippen molar-refractivity contribution < 1.29 is 14.3 Å².